The molecule has 8 aromatic rings. The molecular weight excluding hydrogens is 524 g/mol. The van der Waals surface area contributed by atoms with Gasteiger partial charge in [-0.05, 0) is 35.4 Å². The number of rotatable bonds is 5. The third-order valence-electron chi connectivity index (χ3n) is 7.86. The van der Waals surface area contributed by atoms with Crippen molar-refractivity contribution in [2.24, 2.45) is 0 Å². The Labute approximate surface area is 249 Å². The molecule has 0 saturated heterocycles. The Hall–Kier alpha value is -5.87. The van der Waals surface area contributed by atoms with E-state index in [-0.39, 0.29) is 0 Å². The fourth-order valence-electron chi connectivity index (χ4n) is 5.76. The monoisotopic (exact) mass is 550 g/mol. The van der Waals surface area contributed by atoms with Gasteiger partial charge < -0.3 is 4.57 Å². The first kappa shape index (κ1) is 24.9. The molecule has 2 heterocycles. The van der Waals surface area contributed by atoms with Crippen LogP contribution in [0.2, 0.25) is 0 Å². The van der Waals surface area contributed by atoms with E-state index in [4.69, 9.17) is 15.0 Å². The van der Waals surface area contributed by atoms with Crippen molar-refractivity contribution >= 4 is 21.8 Å². The first-order valence-electron chi connectivity index (χ1n) is 14.4. The number of hydrogen-bond acceptors (Lipinski definition) is 3. The molecule has 0 aliphatic carbocycles. The Morgan fingerprint density at radius 3 is 1.37 bits per heavy atom. The van der Waals surface area contributed by atoms with Crippen LogP contribution in [-0.4, -0.2) is 19.5 Å². The van der Waals surface area contributed by atoms with Gasteiger partial charge in [0.1, 0.15) is 0 Å². The molecule has 0 unspecified atom stereocenters. The summed E-state index contributed by atoms with van der Waals surface area (Å²) in [4.78, 5) is 14.8. The first-order chi connectivity index (χ1) is 21.3. The van der Waals surface area contributed by atoms with Crippen LogP contribution in [0.25, 0.3) is 72.8 Å². The van der Waals surface area contributed by atoms with Crippen LogP contribution in [0.15, 0.2) is 158 Å². The van der Waals surface area contributed by atoms with Gasteiger partial charge >= 0.3 is 0 Å². The molecule has 0 amide bonds. The van der Waals surface area contributed by atoms with Crippen molar-refractivity contribution in [2.45, 2.75) is 0 Å². The number of aromatic nitrogens is 4. The normalized spacial score (nSPS) is 11.3. The van der Waals surface area contributed by atoms with Gasteiger partial charge in [-0.3, -0.25) is 0 Å². The van der Waals surface area contributed by atoms with Gasteiger partial charge in [0, 0.05) is 33.2 Å². The minimum Gasteiger partial charge on any atom is -0.309 e. The standard InChI is InChI=1S/C39H26N4/c1-4-12-27(13-5-1)28-20-23-32(24-21-28)43-35-19-11-10-18-33(35)34-25-22-31(26-36(34)43)39-41-37(29-14-6-2-7-15-29)40-38(42-39)30-16-8-3-9-17-30/h1-26H. The Morgan fingerprint density at radius 1 is 0.326 bits per heavy atom. The van der Waals surface area contributed by atoms with Gasteiger partial charge in [-0.2, -0.15) is 0 Å². The predicted octanol–water partition coefficient (Wildman–Crippen LogP) is 9.64. The molecule has 0 atom stereocenters. The minimum absolute atomic E-state index is 0.644. The number of hydrogen-bond donors (Lipinski definition) is 0. The molecule has 4 nitrogen and oxygen atoms in total. The maximum absolute atomic E-state index is 4.98. The third-order valence-corrected chi connectivity index (χ3v) is 7.86. The lowest BCUT2D eigenvalue weighted by molar-refractivity contribution is 1.07. The van der Waals surface area contributed by atoms with E-state index in [2.05, 4.69) is 95.6 Å². The topological polar surface area (TPSA) is 43.6 Å². The van der Waals surface area contributed by atoms with Crippen LogP contribution in [0, 0.1) is 0 Å². The summed E-state index contributed by atoms with van der Waals surface area (Å²) < 4.78 is 2.33. The smallest absolute Gasteiger partial charge is 0.164 e. The van der Waals surface area contributed by atoms with E-state index in [0.717, 1.165) is 33.4 Å². The van der Waals surface area contributed by atoms with Gasteiger partial charge in [-0.15, -0.1) is 0 Å². The Bertz CT molecular complexity index is 2150. The van der Waals surface area contributed by atoms with Crippen molar-refractivity contribution in [3.63, 3.8) is 0 Å². The fraction of sp³-hybridized carbons (Fsp3) is 0. The number of benzene rings is 6. The van der Waals surface area contributed by atoms with Crippen LogP contribution < -0.4 is 0 Å². The van der Waals surface area contributed by atoms with Gasteiger partial charge in [-0.25, -0.2) is 15.0 Å². The fourth-order valence-corrected chi connectivity index (χ4v) is 5.76. The second-order valence-electron chi connectivity index (χ2n) is 10.5. The molecule has 2 aromatic heterocycles. The van der Waals surface area contributed by atoms with Crippen molar-refractivity contribution in [1.29, 1.82) is 0 Å². The first-order valence-corrected chi connectivity index (χ1v) is 14.4. The molecule has 0 spiro atoms. The lowest BCUT2D eigenvalue weighted by Gasteiger charge is -2.11. The Kier molecular flexibility index (Phi) is 6.08. The summed E-state index contributed by atoms with van der Waals surface area (Å²) >= 11 is 0. The number of fused-ring (bicyclic) bond motifs is 3. The molecule has 202 valence electrons. The maximum atomic E-state index is 4.98. The molecule has 8 rings (SSSR count). The molecule has 0 aliphatic heterocycles. The number of nitrogens with zero attached hydrogens (tertiary/aromatic N) is 4. The van der Waals surface area contributed by atoms with Crippen molar-refractivity contribution in [3.8, 4) is 51.0 Å². The van der Waals surface area contributed by atoms with Crippen molar-refractivity contribution in [1.82, 2.24) is 19.5 Å². The van der Waals surface area contributed by atoms with Gasteiger partial charge in [0.25, 0.3) is 0 Å². The van der Waals surface area contributed by atoms with Crippen LogP contribution in [0.1, 0.15) is 0 Å². The Morgan fingerprint density at radius 2 is 0.767 bits per heavy atom. The molecule has 0 fully saturated rings. The molecule has 0 N–H and O–H groups in total. The predicted molar refractivity (Wildman–Crippen MR) is 176 cm³/mol. The van der Waals surface area contributed by atoms with Crippen LogP contribution in [0.5, 0.6) is 0 Å². The summed E-state index contributed by atoms with van der Waals surface area (Å²) in [5, 5.41) is 2.40. The zero-order valence-electron chi connectivity index (χ0n) is 23.3. The van der Waals surface area contributed by atoms with Crippen molar-refractivity contribution in [3.05, 3.63) is 158 Å². The molecular formula is C39H26N4. The van der Waals surface area contributed by atoms with E-state index in [1.807, 2.05) is 66.7 Å². The molecule has 0 radical (unpaired) electrons. The largest absolute Gasteiger partial charge is 0.309 e. The zero-order chi connectivity index (χ0) is 28.6. The summed E-state index contributed by atoms with van der Waals surface area (Å²) in [6.07, 6.45) is 0. The molecule has 4 heteroatoms. The summed E-state index contributed by atoms with van der Waals surface area (Å²) in [5.74, 6) is 1.95. The Balaban J connectivity index is 1.32. The molecule has 6 aromatic carbocycles. The second-order valence-corrected chi connectivity index (χ2v) is 10.5. The van der Waals surface area contributed by atoms with Gasteiger partial charge in [0.2, 0.25) is 0 Å². The average molecular weight is 551 g/mol. The van der Waals surface area contributed by atoms with Gasteiger partial charge in [0.15, 0.2) is 17.5 Å². The minimum atomic E-state index is 0.644. The van der Waals surface area contributed by atoms with Crippen LogP contribution in [0.3, 0.4) is 0 Å². The molecule has 0 bridgehead atoms. The molecule has 43 heavy (non-hydrogen) atoms. The lowest BCUT2D eigenvalue weighted by atomic mass is 10.1. The van der Waals surface area contributed by atoms with E-state index >= 15 is 0 Å². The summed E-state index contributed by atoms with van der Waals surface area (Å²) in [7, 11) is 0. The highest BCUT2D eigenvalue weighted by Crippen LogP contribution is 2.35. The highest BCUT2D eigenvalue weighted by molar-refractivity contribution is 6.10. The lowest BCUT2D eigenvalue weighted by Crippen LogP contribution is -2.00. The second kappa shape index (κ2) is 10.5. The van der Waals surface area contributed by atoms with E-state index in [1.165, 1.54) is 21.9 Å². The van der Waals surface area contributed by atoms with Crippen LogP contribution >= 0.6 is 0 Å². The molecule has 0 aliphatic rings. The van der Waals surface area contributed by atoms with Gasteiger partial charge in [0.05, 0.1) is 11.0 Å². The average Bonchev–Trinajstić information content (AvgIpc) is 3.43. The molecule has 0 saturated carbocycles. The highest BCUT2D eigenvalue weighted by atomic mass is 15.0. The van der Waals surface area contributed by atoms with E-state index in [0.29, 0.717) is 17.5 Å². The van der Waals surface area contributed by atoms with Gasteiger partial charge in [-0.1, -0.05) is 133 Å². The quantitative estimate of drug-likeness (QED) is 0.214. The third kappa shape index (κ3) is 4.55. The van der Waals surface area contributed by atoms with E-state index in [1.54, 1.807) is 0 Å². The maximum Gasteiger partial charge on any atom is 0.164 e. The van der Waals surface area contributed by atoms with Crippen molar-refractivity contribution < 1.29 is 0 Å². The van der Waals surface area contributed by atoms with E-state index < -0.39 is 0 Å². The summed E-state index contributed by atoms with van der Waals surface area (Å²) in [6, 6.07) is 54.5. The number of para-hydroxylation sites is 1. The van der Waals surface area contributed by atoms with E-state index in [9.17, 15) is 0 Å². The van der Waals surface area contributed by atoms with Crippen LogP contribution in [-0.2, 0) is 0 Å². The summed E-state index contributed by atoms with van der Waals surface area (Å²) in [6.45, 7) is 0. The zero-order valence-corrected chi connectivity index (χ0v) is 23.3. The van der Waals surface area contributed by atoms with Crippen molar-refractivity contribution in [2.75, 3.05) is 0 Å². The SMILES string of the molecule is c1ccc(-c2ccc(-n3c4ccccc4c4ccc(-c5nc(-c6ccccc6)nc(-c6ccccc6)n5)cc43)cc2)cc1. The van der Waals surface area contributed by atoms with Crippen LogP contribution in [0.4, 0.5) is 0 Å². The highest BCUT2D eigenvalue weighted by Gasteiger charge is 2.16. The summed E-state index contributed by atoms with van der Waals surface area (Å²) in [5.41, 5.74) is 8.62.